The van der Waals surface area contributed by atoms with Gasteiger partial charge in [-0.1, -0.05) is 0 Å². The molecule has 0 saturated heterocycles. The zero-order chi connectivity index (χ0) is 7.40. The van der Waals surface area contributed by atoms with Crippen molar-refractivity contribution in [1.82, 2.24) is 0 Å². The van der Waals surface area contributed by atoms with Crippen molar-refractivity contribution in [3.8, 4) is 0 Å². The molecule has 1 aromatic heterocycles. The van der Waals surface area contributed by atoms with Gasteiger partial charge in [0.1, 0.15) is 0 Å². The molecule has 0 amide bonds. The minimum absolute atomic E-state index is 0.704. The van der Waals surface area contributed by atoms with Gasteiger partial charge in [-0.05, 0) is 13.0 Å². The van der Waals surface area contributed by atoms with Crippen molar-refractivity contribution in [2.45, 2.75) is 13.8 Å². The quantitative estimate of drug-likeness (QED) is 0.549. The molecule has 0 bridgehead atoms. The SMILES string of the molecule is CCO[n+]1ccccc1C. The van der Waals surface area contributed by atoms with E-state index in [1.165, 1.54) is 0 Å². The van der Waals surface area contributed by atoms with Gasteiger partial charge in [-0.15, -0.1) is 0 Å². The van der Waals surface area contributed by atoms with Crippen LogP contribution < -0.4 is 9.57 Å². The Balaban J connectivity index is 2.81. The molecule has 0 atom stereocenters. The zero-order valence-corrected chi connectivity index (χ0v) is 6.37. The minimum Gasteiger partial charge on any atom is -0.271 e. The van der Waals surface area contributed by atoms with Crippen LogP contribution in [0, 0.1) is 6.92 Å². The second-order valence-corrected chi connectivity index (χ2v) is 2.09. The maximum atomic E-state index is 5.25. The van der Waals surface area contributed by atoms with E-state index in [4.69, 9.17) is 4.84 Å². The van der Waals surface area contributed by atoms with E-state index in [0.717, 1.165) is 5.69 Å². The molecule has 1 heterocycles. The molecule has 2 heteroatoms. The topological polar surface area (TPSA) is 13.1 Å². The van der Waals surface area contributed by atoms with E-state index >= 15 is 0 Å². The Morgan fingerprint density at radius 3 is 2.90 bits per heavy atom. The Labute approximate surface area is 61.0 Å². The molecule has 10 heavy (non-hydrogen) atoms. The molecule has 0 spiro atoms. The minimum atomic E-state index is 0.704. The molecule has 2 nitrogen and oxygen atoms in total. The highest BCUT2D eigenvalue weighted by atomic mass is 16.7. The van der Waals surface area contributed by atoms with Crippen molar-refractivity contribution in [2.75, 3.05) is 6.61 Å². The third kappa shape index (κ3) is 1.47. The first-order chi connectivity index (χ1) is 4.84. The maximum absolute atomic E-state index is 5.25. The van der Waals surface area contributed by atoms with Crippen LogP contribution in [0.3, 0.4) is 0 Å². The smallest absolute Gasteiger partial charge is 0.231 e. The summed E-state index contributed by atoms with van der Waals surface area (Å²) in [5.74, 6) is 0. The van der Waals surface area contributed by atoms with Crippen molar-refractivity contribution < 1.29 is 9.57 Å². The highest BCUT2D eigenvalue weighted by molar-refractivity contribution is 4.93. The van der Waals surface area contributed by atoms with Crippen molar-refractivity contribution in [3.63, 3.8) is 0 Å². The van der Waals surface area contributed by atoms with Crippen molar-refractivity contribution in [1.29, 1.82) is 0 Å². The number of hydrogen-bond acceptors (Lipinski definition) is 1. The third-order valence-corrected chi connectivity index (χ3v) is 1.29. The normalized spacial score (nSPS) is 9.40. The summed E-state index contributed by atoms with van der Waals surface area (Å²) in [6.45, 7) is 4.69. The van der Waals surface area contributed by atoms with Gasteiger partial charge in [-0.3, -0.25) is 4.84 Å². The van der Waals surface area contributed by atoms with Crippen LogP contribution in [0.4, 0.5) is 0 Å². The Hall–Kier alpha value is -1.05. The first kappa shape index (κ1) is 7.06. The monoisotopic (exact) mass is 138 g/mol. The van der Waals surface area contributed by atoms with Crippen LogP contribution in [-0.4, -0.2) is 6.61 Å². The highest BCUT2D eigenvalue weighted by Crippen LogP contribution is 1.84. The molecule has 54 valence electrons. The van der Waals surface area contributed by atoms with Crippen molar-refractivity contribution in [3.05, 3.63) is 30.1 Å². The molecule has 0 radical (unpaired) electrons. The first-order valence-electron chi connectivity index (χ1n) is 3.45. The van der Waals surface area contributed by atoms with E-state index < -0.39 is 0 Å². The van der Waals surface area contributed by atoms with Crippen LogP contribution in [0.25, 0.3) is 0 Å². The summed E-state index contributed by atoms with van der Waals surface area (Å²) >= 11 is 0. The summed E-state index contributed by atoms with van der Waals surface area (Å²) in [6, 6.07) is 5.95. The van der Waals surface area contributed by atoms with Crippen LogP contribution in [0.2, 0.25) is 0 Å². The number of nitrogens with zero attached hydrogens (tertiary/aromatic N) is 1. The summed E-state index contributed by atoms with van der Waals surface area (Å²) in [7, 11) is 0. The third-order valence-electron chi connectivity index (χ3n) is 1.29. The van der Waals surface area contributed by atoms with Gasteiger partial charge in [0.05, 0.1) is 0 Å². The molecule has 1 rings (SSSR count). The predicted molar refractivity (Wildman–Crippen MR) is 38.5 cm³/mol. The molecule has 0 aliphatic heterocycles. The Morgan fingerprint density at radius 1 is 1.50 bits per heavy atom. The lowest BCUT2D eigenvalue weighted by molar-refractivity contribution is -0.894. The van der Waals surface area contributed by atoms with Gasteiger partial charge in [-0.25, -0.2) is 0 Å². The molecule has 0 aliphatic carbocycles. The largest absolute Gasteiger partial charge is 0.271 e. The fourth-order valence-electron chi connectivity index (χ4n) is 0.798. The molecule has 0 N–H and O–H groups in total. The molecule has 0 saturated carbocycles. The maximum Gasteiger partial charge on any atom is 0.231 e. The zero-order valence-electron chi connectivity index (χ0n) is 6.37. The lowest BCUT2D eigenvalue weighted by atomic mass is 10.4. The van der Waals surface area contributed by atoms with Crippen molar-refractivity contribution >= 4 is 0 Å². The van der Waals surface area contributed by atoms with Gasteiger partial charge in [0.2, 0.25) is 11.9 Å². The summed E-state index contributed by atoms with van der Waals surface area (Å²) < 4.78 is 1.76. The van der Waals surface area contributed by atoms with Crippen LogP contribution in [-0.2, 0) is 0 Å². The average Bonchev–Trinajstić information content (AvgIpc) is 1.94. The highest BCUT2D eigenvalue weighted by Gasteiger charge is 2.02. The molecule has 0 aromatic carbocycles. The Kier molecular flexibility index (Phi) is 2.26. The standard InChI is InChI=1S/C8H12NO/c1-3-10-9-7-5-4-6-8(9)2/h4-7H,3H2,1-2H3/q+1. The molecule has 0 unspecified atom stereocenters. The predicted octanol–water partition coefficient (Wildman–Crippen LogP) is 0.731. The van der Waals surface area contributed by atoms with Crippen LogP contribution in [0.5, 0.6) is 0 Å². The van der Waals surface area contributed by atoms with E-state index in [1.807, 2.05) is 38.2 Å². The van der Waals surface area contributed by atoms with Crippen LogP contribution in [0.15, 0.2) is 24.4 Å². The lowest BCUT2D eigenvalue weighted by Gasteiger charge is -1.94. The van der Waals surface area contributed by atoms with Gasteiger partial charge < -0.3 is 0 Å². The van der Waals surface area contributed by atoms with Gasteiger partial charge in [-0.2, -0.15) is 0 Å². The second-order valence-electron chi connectivity index (χ2n) is 2.09. The summed E-state index contributed by atoms with van der Waals surface area (Å²) in [6.07, 6.45) is 1.90. The molecular weight excluding hydrogens is 126 g/mol. The first-order valence-corrected chi connectivity index (χ1v) is 3.45. The summed E-state index contributed by atoms with van der Waals surface area (Å²) in [5, 5.41) is 0. The summed E-state index contributed by atoms with van der Waals surface area (Å²) in [5.41, 5.74) is 1.12. The lowest BCUT2D eigenvalue weighted by Crippen LogP contribution is -2.44. The number of pyridine rings is 1. The van der Waals surface area contributed by atoms with E-state index in [9.17, 15) is 0 Å². The van der Waals surface area contributed by atoms with E-state index in [2.05, 4.69) is 0 Å². The van der Waals surface area contributed by atoms with E-state index in [-0.39, 0.29) is 0 Å². The van der Waals surface area contributed by atoms with Crippen molar-refractivity contribution in [2.24, 2.45) is 0 Å². The Bertz CT molecular complexity index is 210. The number of rotatable bonds is 2. The van der Waals surface area contributed by atoms with Gasteiger partial charge in [0, 0.05) is 23.8 Å². The van der Waals surface area contributed by atoms with Crippen LogP contribution in [0.1, 0.15) is 12.6 Å². The van der Waals surface area contributed by atoms with Gasteiger partial charge in [0.15, 0.2) is 6.61 Å². The second kappa shape index (κ2) is 3.20. The van der Waals surface area contributed by atoms with Crippen LogP contribution >= 0.6 is 0 Å². The average molecular weight is 138 g/mol. The number of hydrogen-bond donors (Lipinski definition) is 0. The Morgan fingerprint density at radius 2 is 2.30 bits per heavy atom. The summed E-state index contributed by atoms with van der Waals surface area (Å²) in [4.78, 5) is 5.25. The molecular formula is C8H12NO+. The van der Waals surface area contributed by atoms with Gasteiger partial charge in [0.25, 0.3) is 0 Å². The molecule has 1 aromatic rings. The number of aryl methyl sites for hydroxylation is 1. The number of aromatic nitrogens is 1. The molecule has 0 fully saturated rings. The van der Waals surface area contributed by atoms with E-state index in [1.54, 1.807) is 4.73 Å². The fraction of sp³-hybridized carbons (Fsp3) is 0.375. The van der Waals surface area contributed by atoms with Gasteiger partial charge >= 0.3 is 0 Å². The van der Waals surface area contributed by atoms with E-state index in [0.29, 0.717) is 6.61 Å². The molecule has 0 aliphatic rings. The fourth-order valence-corrected chi connectivity index (χ4v) is 0.798.